The number of hydrogen-bond donors (Lipinski definition) is 1. The zero-order chi connectivity index (χ0) is 12.7. The molecule has 0 saturated carbocycles. The van der Waals surface area contributed by atoms with Crippen molar-refractivity contribution in [2.24, 2.45) is 5.92 Å². The first-order valence-corrected chi connectivity index (χ1v) is 6.78. The molecule has 2 atom stereocenters. The molecule has 2 aliphatic rings. The summed E-state index contributed by atoms with van der Waals surface area (Å²) in [5.74, 6) is 1.81. The number of rotatable bonds is 2. The predicted octanol–water partition coefficient (Wildman–Crippen LogP) is 1.55. The van der Waals surface area contributed by atoms with Crippen LogP contribution in [0.1, 0.15) is 0 Å². The fraction of sp³-hybridized carbons (Fsp3) is 0.333. The minimum Gasteiger partial charge on any atom is -0.350 e. The maximum atomic E-state index is 4.39. The molecule has 2 fully saturated rings. The van der Waals surface area contributed by atoms with Crippen molar-refractivity contribution in [1.82, 2.24) is 15.5 Å². The van der Waals surface area contributed by atoms with Crippen LogP contribution in [0.15, 0.2) is 42.5 Å². The van der Waals surface area contributed by atoms with Gasteiger partial charge in [0, 0.05) is 37.2 Å². The highest BCUT2D eigenvalue weighted by Crippen LogP contribution is 2.32. The average molecular weight is 252 g/mol. The first kappa shape index (κ1) is 10.9. The molecule has 0 amide bonds. The van der Waals surface area contributed by atoms with Crippen molar-refractivity contribution in [2.45, 2.75) is 6.04 Å². The van der Waals surface area contributed by atoms with Gasteiger partial charge in [0.05, 0.1) is 5.69 Å². The zero-order valence-corrected chi connectivity index (χ0v) is 10.7. The third kappa shape index (κ3) is 1.79. The number of nitrogens with one attached hydrogen (secondary N) is 1. The van der Waals surface area contributed by atoms with Gasteiger partial charge in [-0.25, -0.2) is 0 Å². The van der Waals surface area contributed by atoms with Gasteiger partial charge in [-0.1, -0.05) is 30.3 Å². The summed E-state index contributed by atoms with van der Waals surface area (Å²) in [7, 11) is 0. The van der Waals surface area contributed by atoms with Crippen LogP contribution in [0.2, 0.25) is 0 Å². The molecule has 19 heavy (non-hydrogen) atoms. The summed E-state index contributed by atoms with van der Waals surface area (Å²) in [6.45, 7) is 3.33. The number of anilines is 1. The lowest BCUT2D eigenvalue weighted by Gasteiger charge is -2.44. The molecule has 2 aromatic rings. The maximum Gasteiger partial charge on any atom is 0.151 e. The molecule has 0 unspecified atom stereocenters. The topological polar surface area (TPSA) is 41.0 Å². The largest absolute Gasteiger partial charge is 0.350 e. The van der Waals surface area contributed by atoms with Crippen molar-refractivity contribution >= 4 is 5.82 Å². The van der Waals surface area contributed by atoms with E-state index in [0.717, 1.165) is 42.6 Å². The van der Waals surface area contributed by atoms with Crippen LogP contribution in [-0.2, 0) is 0 Å². The Morgan fingerprint density at radius 3 is 2.63 bits per heavy atom. The van der Waals surface area contributed by atoms with E-state index in [1.807, 2.05) is 18.2 Å². The molecule has 2 aliphatic heterocycles. The number of aromatic nitrogens is 2. The SMILES string of the molecule is c1ccc(-c2ccc(N3C[C@H]4CNC[C@H]43)nn2)cc1. The standard InChI is InChI=1S/C15H16N4/c1-2-4-11(5-3-1)13-6-7-15(18-17-13)19-10-12-8-16-9-14(12)19/h1-7,12,14,16H,8-10H2/t12-,14-/m1/s1. The molecule has 96 valence electrons. The molecule has 0 bridgehead atoms. The van der Waals surface area contributed by atoms with E-state index in [4.69, 9.17) is 0 Å². The van der Waals surface area contributed by atoms with Crippen LogP contribution >= 0.6 is 0 Å². The van der Waals surface area contributed by atoms with Crippen molar-refractivity contribution in [3.8, 4) is 11.3 Å². The van der Waals surface area contributed by atoms with Crippen molar-refractivity contribution in [1.29, 1.82) is 0 Å². The quantitative estimate of drug-likeness (QED) is 0.880. The van der Waals surface area contributed by atoms with Gasteiger partial charge in [0.1, 0.15) is 0 Å². The number of benzene rings is 1. The van der Waals surface area contributed by atoms with Crippen molar-refractivity contribution in [2.75, 3.05) is 24.5 Å². The Balaban J connectivity index is 1.57. The second-order valence-corrected chi connectivity index (χ2v) is 5.28. The summed E-state index contributed by atoms with van der Waals surface area (Å²) >= 11 is 0. The van der Waals surface area contributed by atoms with E-state index in [1.54, 1.807) is 0 Å². The Bertz CT molecular complexity index is 566. The third-order valence-corrected chi connectivity index (χ3v) is 4.15. The van der Waals surface area contributed by atoms with Crippen LogP contribution < -0.4 is 10.2 Å². The fourth-order valence-corrected chi connectivity index (χ4v) is 3.02. The molecule has 4 rings (SSSR count). The summed E-state index contributed by atoms with van der Waals surface area (Å²) in [5, 5.41) is 12.2. The highest BCUT2D eigenvalue weighted by Gasteiger charge is 2.42. The van der Waals surface area contributed by atoms with Gasteiger partial charge < -0.3 is 10.2 Å². The van der Waals surface area contributed by atoms with Gasteiger partial charge in [-0.05, 0) is 12.1 Å². The highest BCUT2D eigenvalue weighted by atomic mass is 15.3. The Morgan fingerprint density at radius 1 is 1.00 bits per heavy atom. The predicted molar refractivity (Wildman–Crippen MR) is 75.0 cm³/mol. The molecule has 1 N–H and O–H groups in total. The Kier molecular flexibility index (Phi) is 2.48. The Hall–Kier alpha value is -1.94. The second kappa shape index (κ2) is 4.31. The maximum absolute atomic E-state index is 4.39. The number of hydrogen-bond acceptors (Lipinski definition) is 4. The summed E-state index contributed by atoms with van der Waals surface area (Å²) in [4.78, 5) is 2.35. The van der Waals surface area contributed by atoms with E-state index >= 15 is 0 Å². The molecule has 3 heterocycles. The normalized spacial score (nSPS) is 24.9. The van der Waals surface area contributed by atoms with E-state index in [0.29, 0.717) is 6.04 Å². The Labute approximate surface area is 112 Å². The summed E-state index contributed by atoms with van der Waals surface area (Å²) in [6, 6.07) is 15.0. The van der Waals surface area contributed by atoms with Crippen LogP contribution in [0, 0.1) is 5.92 Å². The molecule has 0 spiro atoms. The number of fused-ring (bicyclic) bond motifs is 1. The average Bonchev–Trinajstić information content (AvgIpc) is 2.82. The minimum absolute atomic E-state index is 0.622. The lowest BCUT2D eigenvalue weighted by Crippen LogP contribution is -2.56. The van der Waals surface area contributed by atoms with Gasteiger partial charge in [0.15, 0.2) is 5.82 Å². The molecule has 2 saturated heterocycles. The van der Waals surface area contributed by atoms with Gasteiger partial charge in [0.2, 0.25) is 0 Å². The van der Waals surface area contributed by atoms with Crippen LogP contribution in [-0.4, -0.2) is 35.9 Å². The van der Waals surface area contributed by atoms with Crippen molar-refractivity contribution in [3.05, 3.63) is 42.5 Å². The van der Waals surface area contributed by atoms with Gasteiger partial charge >= 0.3 is 0 Å². The van der Waals surface area contributed by atoms with Crippen LogP contribution in [0.4, 0.5) is 5.82 Å². The third-order valence-electron chi connectivity index (χ3n) is 4.15. The smallest absolute Gasteiger partial charge is 0.151 e. The number of nitrogens with zero attached hydrogens (tertiary/aromatic N) is 3. The van der Waals surface area contributed by atoms with Crippen molar-refractivity contribution < 1.29 is 0 Å². The molecule has 4 heteroatoms. The van der Waals surface area contributed by atoms with E-state index in [9.17, 15) is 0 Å². The summed E-state index contributed by atoms with van der Waals surface area (Å²) < 4.78 is 0. The van der Waals surface area contributed by atoms with E-state index in [1.165, 1.54) is 0 Å². The molecular formula is C15H16N4. The van der Waals surface area contributed by atoms with Crippen LogP contribution in [0.3, 0.4) is 0 Å². The molecular weight excluding hydrogens is 236 g/mol. The molecule has 4 nitrogen and oxygen atoms in total. The highest BCUT2D eigenvalue weighted by molar-refractivity contribution is 5.59. The first-order valence-electron chi connectivity index (χ1n) is 6.78. The molecule has 1 aromatic heterocycles. The summed E-state index contributed by atoms with van der Waals surface area (Å²) in [6.07, 6.45) is 0. The van der Waals surface area contributed by atoms with Crippen molar-refractivity contribution in [3.63, 3.8) is 0 Å². The van der Waals surface area contributed by atoms with Crippen LogP contribution in [0.25, 0.3) is 11.3 Å². The second-order valence-electron chi connectivity index (χ2n) is 5.28. The lowest BCUT2D eigenvalue weighted by atomic mass is 9.92. The lowest BCUT2D eigenvalue weighted by molar-refractivity contribution is 0.361. The van der Waals surface area contributed by atoms with Gasteiger partial charge in [0.25, 0.3) is 0 Å². The molecule has 1 aromatic carbocycles. The van der Waals surface area contributed by atoms with Gasteiger partial charge in [-0.15, -0.1) is 10.2 Å². The first-order chi connectivity index (χ1) is 9.42. The van der Waals surface area contributed by atoms with E-state index in [-0.39, 0.29) is 0 Å². The van der Waals surface area contributed by atoms with E-state index < -0.39 is 0 Å². The Morgan fingerprint density at radius 2 is 1.89 bits per heavy atom. The van der Waals surface area contributed by atoms with Gasteiger partial charge in [-0.3, -0.25) is 0 Å². The fourth-order valence-electron chi connectivity index (χ4n) is 3.02. The van der Waals surface area contributed by atoms with Gasteiger partial charge in [-0.2, -0.15) is 0 Å². The summed E-state index contributed by atoms with van der Waals surface area (Å²) in [5.41, 5.74) is 2.05. The monoisotopic (exact) mass is 252 g/mol. The molecule has 0 radical (unpaired) electrons. The minimum atomic E-state index is 0.622. The van der Waals surface area contributed by atoms with Crippen LogP contribution in [0.5, 0.6) is 0 Å². The molecule has 0 aliphatic carbocycles. The zero-order valence-electron chi connectivity index (χ0n) is 10.7. The van der Waals surface area contributed by atoms with E-state index in [2.05, 4.69) is 44.7 Å².